The first kappa shape index (κ1) is 19.6. The maximum absolute atomic E-state index is 13.3. The Morgan fingerprint density at radius 3 is 2.69 bits per heavy atom. The van der Waals surface area contributed by atoms with E-state index in [9.17, 15) is 18.0 Å². The molecule has 1 saturated carbocycles. The third kappa shape index (κ3) is 3.67. The summed E-state index contributed by atoms with van der Waals surface area (Å²) in [6.07, 6.45) is 2.49. The van der Waals surface area contributed by atoms with Gasteiger partial charge in [0.15, 0.2) is 11.9 Å². The van der Waals surface area contributed by atoms with Crippen LogP contribution in [-0.2, 0) is 26.0 Å². The third-order valence-electron chi connectivity index (χ3n) is 5.52. The van der Waals surface area contributed by atoms with Crippen LogP contribution < -0.4 is 4.31 Å². The van der Waals surface area contributed by atoms with E-state index in [1.807, 2.05) is 25.1 Å². The molecule has 1 aliphatic heterocycles. The number of ketones is 1. The second-order valence-electron chi connectivity index (χ2n) is 7.62. The molecule has 0 N–H and O–H groups in total. The Kier molecular flexibility index (Phi) is 5.17. The van der Waals surface area contributed by atoms with Crippen LogP contribution in [0, 0.1) is 0 Å². The molecule has 0 aromatic heterocycles. The van der Waals surface area contributed by atoms with Gasteiger partial charge in [0.05, 0.1) is 16.1 Å². The van der Waals surface area contributed by atoms with Gasteiger partial charge in [-0.15, -0.1) is 0 Å². The van der Waals surface area contributed by atoms with Crippen molar-refractivity contribution in [3.63, 3.8) is 0 Å². The number of ether oxygens (including phenoxy) is 1. The number of carbonyl (C=O) groups is 2. The average Bonchev–Trinajstić information content (AvgIpc) is 3.06. The maximum atomic E-state index is 13.3. The van der Waals surface area contributed by atoms with Crippen molar-refractivity contribution in [1.29, 1.82) is 0 Å². The zero-order valence-corrected chi connectivity index (χ0v) is 17.0. The zero-order valence-electron chi connectivity index (χ0n) is 16.2. The van der Waals surface area contributed by atoms with Crippen LogP contribution in [0.4, 0.5) is 5.69 Å². The topological polar surface area (TPSA) is 80.8 Å². The summed E-state index contributed by atoms with van der Waals surface area (Å²) in [5.41, 5.74) is 1.78. The number of benzene rings is 2. The molecule has 152 valence electrons. The Hall–Kier alpha value is -2.67. The summed E-state index contributed by atoms with van der Waals surface area (Å²) in [6, 6.07) is 13.1. The van der Waals surface area contributed by atoms with Crippen molar-refractivity contribution in [3.05, 3.63) is 59.7 Å². The SMILES string of the molecule is C[C@H]1Cc2ccccc2N1S(=O)(=O)c1cccc(C(=O)O[C@@H]2CCCCC2=O)c1. The van der Waals surface area contributed by atoms with Crippen LogP contribution in [0.2, 0.25) is 0 Å². The number of hydrogen-bond donors (Lipinski definition) is 0. The van der Waals surface area contributed by atoms with Crippen LogP contribution in [0.15, 0.2) is 53.4 Å². The molecule has 2 aromatic rings. The van der Waals surface area contributed by atoms with Crippen LogP contribution in [-0.4, -0.2) is 32.3 Å². The molecule has 2 aliphatic rings. The minimum atomic E-state index is -3.84. The highest BCUT2D eigenvalue weighted by Crippen LogP contribution is 2.36. The molecular formula is C22H23NO5S. The lowest BCUT2D eigenvalue weighted by Gasteiger charge is -2.25. The fourth-order valence-electron chi connectivity index (χ4n) is 4.07. The van der Waals surface area contributed by atoms with E-state index < -0.39 is 22.1 Å². The molecule has 2 atom stereocenters. The van der Waals surface area contributed by atoms with Crippen molar-refractivity contribution in [2.75, 3.05) is 4.31 Å². The monoisotopic (exact) mass is 413 g/mol. The quantitative estimate of drug-likeness (QED) is 0.717. The summed E-state index contributed by atoms with van der Waals surface area (Å²) in [5.74, 6) is -0.743. The van der Waals surface area contributed by atoms with E-state index in [0.717, 1.165) is 18.4 Å². The number of nitrogens with zero attached hydrogens (tertiary/aromatic N) is 1. The van der Waals surface area contributed by atoms with Crippen LogP contribution in [0.5, 0.6) is 0 Å². The molecular weight excluding hydrogens is 390 g/mol. The minimum Gasteiger partial charge on any atom is -0.451 e. The molecule has 1 aliphatic carbocycles. The first-order chi connectivity index (χ1) is 13.9. The standard InChI is InChI=1S/C22H23NO5S/c1-15-13-16-7-2-3-10-19(16)23(15)29(26,27)18-9-6-8-17(14-18)22(25)28-21-12-5-4-11-20(21)24/h2-3,6-10,14-15,21H,4-5,11-13H2,1H3/t15-,21+/m0/s1. The fraction of sp³-hybridized carbons (Fsp3) is 0.364. The van der Waals surface area contributed by atoms with Gasteiger partial charge in [0.1, 0.15) is 0 Å². The van der Waals surface area contributed by atoms with Gasteiger partial charge < -0.3 is 4.74 Å². The van der Waals surface area contributed by atoms with E-state index in [4.69, 9.17) is 4.74 Å². The number of rotatable bonds is 4. The molecule has 2 aromatic carbocycles. The van der Waals surface area contributed by atoms with E-state index in [1.165, 1.54) is 28.6 Å². The number of sulfonamides is 1. The summed E-state index contributed by atoms with van der Waals surface area (Å²) < 4.78 is 33.5. The molecule has 6 nitrogen and oxygen atoms in total. The van der Waals surface area contributed by atoms with Crippen LogP contribution in [0.3, 0.4) is 0 Å². The second-order valence-corrected chi connectivity index (χ2v) is 9.43. The number of fused-ring (bicyclic) bond motifs is 1. The highest BCUT2D eigenvalue weighted by molar-refractivity contribution is 7.92. The largest absolute Gasteiger partial charge is 0.451 e. The number of hydrogen-bond acceptors (Lipinski definition) is 5. The van der Waals surface area contributed by atoms with Gasteiger partial charge in [0.2, 0.25) is 0 Å². The normalized spacial score (nSPS) is 21.7. The molecule has 0 spiro atoms. The molecule has 7 heteroatoms. The predicted octanol–water partition coefficient (Wildman–Crippen LogP) is 3.50. The Morgan fingerprint density at radius 1 is 1.10 bits per heavy atom. The number of Topliss-reactive ketones (excluding diaryl/α,β-unsaturated/α-hetero) is 1. The van der Waals surface area contributed by atoms with Gasteiger partial charge in [-0.3, -0.25) is 9.10 Å². The predicted molar refractivity (Wildman–Crippen MR) is 108 cm³/mol. The molecule has 0 amide bonds. The van der Waals surface area contributed by atoms with E-state index in [1.54, 1.807) is 6.07 Å². The van der Waals surface area contributed by atoms with Crippen molar-refractivity contribution in [1.82, 2.24) is 0 Å². The maximum Gasteiger partial charge on any atom is 0.338 e. The molecule has 4 rings (SSSR count). The number of carbonyl (C=O) groups excluding carboxylic acids is 2. The van der Waals surface area contributed by atoms with E-state index in [0.29, 0.717) is 24.9 Å². The average molecular weight is 413 g/mol. The van der Waals surface area contributed by atoms with Gasteiger partial charge in [-0.05, 0) is 62.4 Å². The van der Waals surface area contributed by atoms with E-state index in [-0.39, 0.29) is 22.3 Å². The van der Waals surface area contributed by atoms with Crippen LogP contribution in [0.25, 0.3) is 0 Å². The van der Waals surface area contributed by atoms with Crippen molar-refractivity contribution in [2.24, 2.45) is 0 Å². The lowest BCUT2D eigenvalue weighted by atomic mass is 9.96. The van der Waals surface area contributed by atoms with Crippen molar-refractivity contribution < 1.29 is 22.7 Å². The summed E-state index contributed by atoms with van der Waals surface area (Å²) in [5, 5.41) is 0. The van der Waals surface area contributed by atoms with Crippen molar-refractivity contribution >= 4 is 27.5 Å². The first-order valence-corrected chi connectivity index (χ1v) is 11.3. The van der Waals surface area contributed by atoms with E-state index >= 15 is 0 Å². The van der Waals surface area contributed by atoms with Crippen LogP contribution in [0.1, 0.15) is 48.5 Å². The molecule has 29 heavy (non-hydrogen) atoms. The van der Waals surface area contributed by atoms with Gasteiger partial charge in [-0.25, -0.2) is 13.2 Å². The summed E-state index contributed by atoms with van der Waals surface area (Å²) in [4.78, 5) is 24.5. The lowest BCUT2D eigenvalue weighted by Crippen LogP contribution is -2.35. The zero-order chi connectivity index (χ0) is 20.6. The second kappa shape index (κ2) is 7.63. The lowest BCUT2D eigenvalue weighted by molar-refractivity contribution is -0.129. The van der Waals surface area contributed by atoms with E-state index in [2.05, 4.69) is 0 Å². The number of esters is 1. The van der Waals surface area contributed by atoms with Gasteiger partial charge in [0, 0.05) is 12.5 Å². The van der Waals surface area contributed by atoms with Gasteiger partial charge in [-0.2, -0.15) is 0 Å². The first-order valence-electron chi connectivity index (χ1n) is 9.84. The molecule has 0 bridgehead atoms. The Morgan fingerprint density at radius 2 is 1.90 bits per heavy atom. The Labute approximate surface area is 170 Å². The molecule has 0 unspecified atom stereocenters. The number of anilines is 1. The minimum absolute atomic E-state index is 0.0328. The molecule has 1 fully saturated rings. The van der Waals surface area contributed by atoms with Gasteiger partial charge >= 0.3 is 5.97 Å². The Balaban J connectivity index is 1.61. The third-order valence-corrected chi connectivity index (χ3v) is 7.44. The van der Waals surface area contributed by atoms with Gasteiger partial charge in [-0.1, -0.05) is 24.3 Å². The highest BCUT2D eigenvalue weighted by atomic mass is 32.2. The molecule has 1 heterocycles. The van der Waals surface area contributed by atoms with Crippen molar-refractivity contribution in [3.8, 4) is 0 Å². The smallest absolute Gasteiger partial charge is 0.338 e. The fourth-order valence-corrected chi connectivity index (χ4v) is 5.81. The summed E-state index contributed by atoms with van der Waals surface area (Å²) in [6.45, 7) is 1.87. The highest BCUT2D eigenvalue weighted by Gasteiger charge is 2.36. The molecule has 0 saturated heterocycles. The summed E-state index contributed by atoms with van der Waals surface area (Å²) >= 11 is 0. The van der Waals surface area contributed by atoms with Crippen molar-refractivity contribution in [2.45, 2.75) is 56.1 Å². The summed E-state index contributed by atoms with van der Waals surface area (Å²) in [7, 11) is -3.84. The Bertz CT molecular complexity index is 1060. The number of para-hydroxylation sites is 1. The molecule has 0 radical (unpaired) electrons. The van der Waals surface area contributed by atoms with Crippen LogP contribution >= 0.6 is 0 Å². The van der Waals surface area contributed by atoms with Gasteiger partial charge in [0.25, 0.3) is 10.0 Å².